The number of piperidine rings is 1. The number of aliphatic hydroxyl groups is 1. The van der Waals surface area contributed by atoms with Crippen LogP contribution in [0.1, 0.15) is 36.0 Å². The van der Waals surface area contributed by atoms with Gasteiger partial charge < -0.3 is 19.4 Å². The minimum Gasteiger partial charge on any atom is -0.497 e. The Morgan fingerprint density at radius 2 is 2.11 bits per heavy atom. The minimum atomic E-state index is -0.477. The first kappa shape index (κ1) is 18.1. The van der Waals surface area contributed by atoms with E-state index in [4.69, 9.17) is 4.74 Å². The van der Waals surface area contributed by atoms with Crippen molar-refractivity contribution in [3.8, 4) is 5.75 Å². The molecular weight excluding hydrogens is 340 g/mol. The van der Waals surface area contributed by atoms with E-state index in [-0.39, 0.29) is 5.92 Å². The van der Waals surface area contributed by atoms with Crippen LogP contribution in [0.15, 0.2) is 30.6 Å². The number of H-pyrrole nitrogens is 1. The number of methoxy groups -OCH3 is 1. The van der Waals surface area contributed by atoms with E-state index >= 15 is 0 Å². The van der Waals surface area contributed by atoms with Crippen LogP contribution in [-0.4, -0.2) is 44.7 Å². The van der Waals surface area contributed by atoms with Gasteiger partial charge in [-0.25, -0.2) is 4.98 Å². The minimum absolute atomic E-state index is 0.274. The lowest BCUT2D eigenvalue weighted by Crippen LogP contribution is -2.35. The standard InChI is InChI=1S/C21H28N4O2/c1-14-17-12-16(27-3)4-5-18(17)23-19(14)13-25-9-6-15(7-10-25)20(26)21-22-8-11-24(21)2/h4-5,8,11-12,15,20,23,26H,6-7,9-10,13H2,1-3H3/t20-/m1/s1. The summed E-state index contributed by atoms with van der Waals surface area (Å²) in [6.45, 7) is 5.06. The zero-order chi connectivity index (χ0) is 19.0. The van der Waals surface area contributed by atoms with Gasteiger partial charge in [0.25, 0.3) is 0 Å². The van der Waals surface area contributed by atoms with E-state index in [1.165, 1.54) is 16.6 Å². The predicted octanol–water partition coefficient (Wildman–Crippen LogP) is 3.16. The quantitative estimate of drug-likeness (QED) is 0.726. The summed E-state index contributed by atoms with van der Waals surface area (Å²) in [5, 5.41) is 11.9. The Morgan fingerprint density at radius 3 is 2.78 bits per heavy atom. The number of benzene rings is 1. The summed E-state index contributed by atoms with van der Waals surface area (Å²) in [6.07, 6.45) is 5.14. The first-order valence-corrected chi connectivity index (χ1v) is 9.59. The van der Waals surface area contributed by atoms with Crippen molar-refractivity contribution in [2.24, 2.45) is 13.0 Å². The molecule has 6 nitrogen and oxygen atoms in total. The van der Waals surface area contributed by atoms with Crippen molar-refractivity contribution in [2.75, 3.05) is 20.2 Å². The maximum Gasteiger partial charge on any atom is 0.137 e. The van der Waals surface area contributed by atoms with Crippen LogP contribution in [0.4, 0.5) is 0 Å². The maximum absolute atomic E-state index is 10.7. The first-order valence-electron chi connectivity index (χ1n) is 9.59. The lowest BCUT2D eigenvalue weighted by Gasteiger charge is -2.33. The number of hydrogen-bond acceptors (Lipinski definition) is 4. The second-order valence-corrected chi connectivity index (χ2v) is 7.59. The number of aromatic amines is 1. The van der Waals surface area contributed by atoms with E-state index in [9.17, 15) is 5.11 Å². The van der Waals surface area contributed by atoms with Gasteiger partial charge in [-0.15, -0.1) is 0 Å². The molecule has 27 heavy (non-hydrogen) atoms. The third-order valence-electron chi connectivity index (χ3n) is 5.95. The van der Waals surface area contributed by atoms with Crippen LogP contribution in [-0.2, 0) is 13.6 Å². The van der Waals surface area contributed by atoms with Crippen LogP contribution >= 0.6 is 0 Å². The molecule has 1 saturated heterocycles. The average molecular weight is 368 g/mol. The largest absolute Gasteiger partial charge is 0.497 e. The molecule has 1 aliphatic heterocycles. The molecule has 3 heterocycles. The molecular formula is C21H28N4O2. The monoisotopic (exact) mass is 368 g/mol. The summed E-state index contributed by atoms with van der Waals surface area (Å²) >= 11 is 0. The van der Waals surface area contributed by atoms with E-state index in [1.807, 2.05) is 23.9 Å². The number of nitrogens with zero attached hydrogens (tertiary/aromatic N) is 3. The molecule has 0 bridgehead atoms. The number of imidazole rings is 1. The Labute approximate surface area is 159 Å². The molecule has 4 rings (SSSR count). The topological polar surface area (TPSA) is 66.3 Å². The molecule has 3 aromatic rings. The van der Waals surface area contributed by atoms with Gasteiger partial charge in [0.15, 0.2) is 0 Å². The summed E-state index contributed by atoms with van der Waals surface area (Å²) < 4.78 is 7.27. The van der Waals surface area contributed by atoms with Gasteiger partial charge in [0, 0.05) is 42.6 Å². The maximum atomic E-state index is 10.7. The van der Waals surface area contributed by atoms with Gasteiger partial charge in [-0.05, 0) is 62.5 Å². The van der Waals surface area contributed by atoms with Crippen molar-refractivity contribution < 1.29 is 9.84 Å². The van der Waals surface area contributed by atoms with Crippen molar-refractivity contribution in [3.63, 3.8) is 0 Å². The van der Waals surface area contributed by atoms with Crippen molar-refractivity contribution in [3.05, 3.63) is 47.7 Å². The second-order valence-electron chi connectivity index (χ2n) is 7.59. The molecule has 2 aromatic heterocycles. The summed E-state index contributed by atoms with van der Waals surface area (Å²) in [6, 6.07) is 6.17. The molecule has 1 atom stereocenters. The molecule has 1 aliphatic rings. The Kier molecular flexibility index (Phi) is 4.93. The first-order chi connectivity index (χ1) is 13.1. The van der Waals surface area contributed by atoms with Crippen molar-refractivity contribution in [1.82, 2.24) is 19.4 Å². The van der Waals surface area contributed by atoms with Gasteiger partial charge in [-0.1, -0.05) is 0 Å². The number of nitrogens with one attached hydrogen (secondary N) is 1. The number of ether oxygens (including phenoxy) is 1. The number of likely N-dealkylation sites (tertiary alicyclic amines) is 1. The Morgan fingerprint density at radius 1 is 1.33 bits per heavy atom. The fourth-order valence-electron chi connectivity index (χ4n) is 4.17. The molecule has 1 fully saturated rings. The van der Waals surface area contributed by atoms with E-state index in [1.54, 1.807) is 13.3 Å². The summed E-state index contributed by atoms with van der Waals surface area (Å²) in [5.41, 5.74) is 3.71. The smallest absolute Gasteiger partial charge is 0.137 e. The van der Waals surface area contributed by atoms with E-state index in [0.29, 0.717) is 0 Å². The van der Waals surface area contributed by atoms with Gasteiger partial charge >= 0.3 is 0 Å². The number of aliphatic hydroxyl groups excluding tert-OH is 1. The second kappa shape index (κ2) is 7.37. The summed E-state index contributed by atoms with van der Waals surface area (Å²) in [7, 11) is 3.64. The fourth-order valence-corrected chi connectivity index (χ4v) is 4.17. The SMILES string of the molecule is COc1ccc2[nH]c(CN3CCC([C@@H](O)c4nccn4C)CC3)c(C)c2c1. The van der Waals surface area contributed by atoms with Gasteiger partial charge in [0.1, 0.15) is 17.7 Å². The van der Waals surface area contributed by atoms with Crippen molar-refractivity contribution >= 4 is 10.9 Å². The van der Waals surface area contributed by atoms with Gasteiger partial charge in [-0.3, -0.25) is 4.90 Å². The van der Waals surface area contributed by atoms with Crippen LogP contribution in [0.5, 0.6) is 5.75 Å². The fraction of sp³-hybridized carbons (Fsp3) is 0.476. The highest BCUT2D eigenvalue weighted by Crippen LogP contribution is 2.31. The third-order valence-corrected chi connectivity index (χ3v) is 5.95. The number of fused-ring (bicyclic) bond motifs is 1. The van der Waals surface area contributed by atoms with Gasteiger partial charge in [0.2, 0.25) is 0 Å². The van der Waals surface area contributed by atoms with E-state index < -0.39 is 6.10 Å². The molecule has 1 aromatic carbocycles. The van der Waals surface area contributed by atoms with E-state index in [0.717, 1.165) is 49.6 Å². The molecule has 144 valence electrons. The zero-order valence-electron chi connectivity index (χ0n) is 16.3. The molecule has 0 radical (unpaired) electrons. The highest BCUT2D eigenvalue weighted by atomic mass is 16.5. The summed E-state index contributed by atoms with van der Waals surface area (Å²) in [5.74, 6) is 1.93. The lowest BCUT2D eigenvalue weighted by molar-refractivity contribution is 0.0489. The van der Waals surface area contributed by atoms with Crippen LogP contribution in [0.3, 0.4) is 0 Å². The van der Waals surface area contributed by atoms with Crippen LogP contribution in [0.2, 0.25) is 0 Å². The van der Waals surface area contributed by atoms with E-state index in [2.05, 4.69) is 33.9 Å². The van der Waals surface area contributed by atoms with Gasteiger partial charge in [-0.2, -0.15) is 0 Å². The molecule has 0 aliphatic carbocycles. The number of hydrogen-bond donors (Lipinski definition) is 2. The Hall–Kier alpha value is -2.31. The molecule has 0 saturated carbocycles. The Balaban J connectivity index is 1.41. The average Bonchev–Trinajstić information content (AvgIpc) is 3.25. The predicted molar refractivity (Wildman–Crippen MR) is 106 cm³/mol. The number of rotatable bonds is 5. The highest BCUT2D eigenvalue weighted by molar-refractivity contribution is 5.85. The lowest BCUT2D eigenvalue weighted by atomic mass is 9.90. The summed E-state index contributed by atoms with van der Waals surface area (Å²) in [4.78, 5) is 10.3. The number of aromatic nitrogens is 3. The zero-order valence-corrected chi connectivity index (χ0v) is 16.3. The molecule has 0 amide bonds. The molecule has 0 unspecified atom stereocenters. The molecule has 2 N–H and O–H groups in total. The van der Waals surface area contributed by atoms with Gasteiger partial charge in [0.05, 0.1) is 7.11 Å². The van der Waals surface area contributed by atoms with Crippen molar-refractivity contribution in [1.29, 1.82) is 0 Å². The normalized spacial score (nSPS) is 17.5. The van der Waals surface area contributed by atoms with Crippen LogP contribution < -0.4 is 4.74 Å². The Bertz CT molecular complexity index is 922. The highest BCUT2D eigenvalue weighted by Gasteiger charge is 2.28. The number of aryl methyl sites for hydroxylation is 2. The van der Waals surface area contributed by atoms with Crippen molar-refractivity contribution in [2.45, 2.75) is 32.4 Å². The van der Waals surface area contributed by atoms with Crippen LogP contribution in [0.25, 0.3) is 10.9 Å². The third kappa shape index (κ3) is 3.47. The molecule has 6 heteroatoms. The molecule has 0 spiro atoms. The van der Waals surface area contributed by atoms with Crippen LogP contribution in [0, 0.1) is 12.8 Å².